The van der Waals surface area contributed by atoms with Crippen LogP contribution in [-0.2, 0) is 14.3 Å². The summed E-state index contributed by atoms with van der Waals surface area (Å²) in [5.74, 6) is -1.36. The van der Waals surface area contributed by atoms with E-state index in [1.165, 1.54) is 16.7 Å². The summed E-state index contributed by atoms with van der Waals surface area (Å²) < 4.78 is 5.58. The predicted molar refractivity (Wildman–Crippen MR) is 72.9 cm³/mol. The molecule has 3 aliphatic rings. The van der Waals surface area contributed by atoms with Gasteiger partial charge in [-0.1, -0.05) is 11.8 Å². The fourth-order valence-corrected chi connectivity index (χ4v) is 4.77. The number of fused-ring (bicyclic) bond motifs is 1. The highest BCUT2D eigenvalue weighted by atomic mass is 32.2. The second kappa shape index (κ2) is 5.30. The van der Waals surface area contributed by atoms with Crippen LogP contribution in [0.4, 0.5) is 4.79 Å². The molecule has 0 aromatic heterocycles. The van der Waals surface area contributed by atoms with Crippen molar-refractivity contribution in [3.63, 3.8) is 0 Å². The molecule has 0 aromatic rings. The third-order valence-electron chi connectivity index (χ3n) is 3.24. The van der Waals surface area contributed by atoms with Crippen molar-refractivity contribution in [2.24, 2.45) is 0 Å². The summed E-state index contributed by atoms with van der Waals surface area (Å²) in [5, 5.41) is 8.87. The molecule has 0 aliphatic carbocycles. The quantitative estimate of drug-likeness (QED) is 0.751. The Morgan fingerprint density at radius 3 is 2.65 bits per heavy atom. The zero-order valence-electron chi connectivity index (χ0n) is 10.4. The van der Waals surface area contributed by atoms with Gasteiger partial charge in [-0.2, -0.15) is 0 Å². The van der Waals surface area contributed by atoms with Crippen molar-refractivity contribution >= 4 is 40.6 Å². The van der Waals surface area contributed by atoms with Crippen molar-refractivity contribution in [1.82, 2.24) is 9.80 Å². The highest BCUT2D eigenvalue weighted by Gasteiger charge is 2.49. The Bertz CT molecular complexity index is 515. The minimum atomic E-state index is -1.16. The van der Waals surface area contributed by atoms with Crippen LogP contribution < -0.4 is 0 Å². The first kappa shape index (κ1) is 13.8. The first-order valence-electron chi connectivity index (χ1n) is 6.08. The Labute approximate surface area is 123 Å². The molecule has 3 aliphatic heterocycles. The van der Waals surface area contributed by atoms with Crippen LogP contribution in [0.2, 0.25) is 0 Å². The lowest BCUT2D eigenvalue weighted by atomic mass is 10.2. The number of rotatable bonds is 2. The Morgan fingerprint density at radius 1 is 1.35 bits per heavy atom. The average molecular weight is 316 g/mol. The Balaban J connectivity index is 1.74. The molecule has 0 saturated carbocycles. The van der Waals surface area contributed by atoms with Gasteiger partial charge in [-0.15, -0.1) is 0 Å². The number of hydrogen-bond donors (Lipinski definition) is 1. The standard InChI is InChI=1S/C11H12N2O5S2/c14-6-5-7-13(6)8(9(15)16)10(19-7)20-11(17)12-1-3-18-4-2-12/h7H,1-5H2,(H,15,16)/t7-/m1/s1. The van der Waals surface area contributed by atoms with Crippen LogP contribution in [0.5, 0.6) is 0 Å². The average Bonchev–Trinajstić information content (AvgIpc) is 2.72. The second-order valence-electron chi connectivity index (χ2n) is 4.45. The molecule has 0 unspecified atom stereocenters. The minimum Gasteiger partial charge on any atom is -0.477 e. The van der Waals surface area contributed by atoms with Gasteiger partial charge in [0.1, 0.15) is 0 Å². The van der Waals surface area contributed by atoms with Crippen LogP contribution in [-0.4, -0.2) is 63.7 Å². The van der Waals surface area contributed by atoms with Gasteiger partial charge in [0.15, 0.2) is 5.70 Å². The van der Waals surface area contributed by atoms with Gasteiger partial charge < -0.3 is 14.7 Å². The number of nitrogens with zero attached hydrogens (tertiary/aromatic N) is 2. The summed E-state index contributed by atoms with van der Waals surface area (Å²) in [5.41, 5.74) is -0.0529. The number of ether oxygens (including phenoxy) is 1. The molecular formula is C11H12N2O5S2. The molecule has 108 valence electrons. The van der Waals surface area contributed by atoms with E-state index in [0.717, 1.165) is 11.8 Å². The highest BCUT2D eigenvalue weighted by molar-refractivity contribution is 8.29. The van der Waals surface area contributed by atoms with Gasteiger partial charge in [0.2, 0.25) is 5.91 Å². The molecule has 0 bridgehead atoms. The van der Waals surface area contributed by atoms with Gasteiger partial charge in [0.05, 0.1) is 29.2 Å². The maximum Gasteiger partial charge on any atom is 0.354 e. The number of β-lactam (4-membered cyclic amide) rings is 1. The number of hydrogen-bond acceptors (Lipinski definition) is 6. The smallest absolute Gasteiger partial charge is 0.354 e. The van der Waals surface area contributed by atoms with Crippen molar-refractivity contribution in [3.8, 4) is 0 Å². The first-order valence-corrected chi connectivity index (χ1v) is 7.78. The summed E-state index contributed by atoms with van der Waals surface area (Å²) in [6, 6.07) is 0. The number of amides is 2. The molecule has 1 N–H and O–H groups in total. The normalized spacial score (nSPS) is 25.6. The number of carbonyl (C=O) groups excluding carboxylic acids is 2. The molecule has 7 nitrogen and oxygen atoms in total. The lowest BCUT2D eigenvalue weighted by Crippen LogP contribution is -2.48. The van der Waals surface area contributed by atoms with Gasteiger partial charge in [-0.25, -0.2) is 4.79 Å². The van der Waals surface area contributed by atoms with E-state index in [0.29, 0.717) is 37.0 Å². The highest BCUT2D eigenvalue weighted by Crippen LogP contribution is 2.50. The van der Waals surface area contributed by atoms with Crippen LogP contribution in [0.3, 0.4) is 0 Å². The van der Waals surface area contributed by atoms with E-state index < -0.39 is 5.97 Å². The fourth-order valence-electron chi connectivity index (χ4n) is 2.18. The van der Waals surface area contributed by atoms with Gasteiger partial charge in [0, 0.05) is 13.1 Å². The minimum absolute atomic E-state index is 0.0529. The lowest BCUT2D eigenvalue weighted by molar-refractivity contribution is -0.145. The summed E-state index contributed by atoms with van der Waals surface area (Å²) in [7, 11) is 0. The zero-order valence-corrected chi connectivity index (χ0v) is 12.0. The number of morpholine rings is 1. The van der Waals surface area contributed by atoms with E-state index in [1.807, 2.05) is 0 Å². The summed E-state index contributed by atoms with van der Waals surface area (Å²) in [4.78, 5) is 37.8. The van der Waals surface area contributed by atoms with Crippen molar-refractivity contribution in [3.05, 3.63) is 9.93 Å². The van der Waals surface area contributed by atoms with Crippen LogP contribution in [0.25, 0.3) is 0 Å². The molecular weight excluding hydrogens is 304 g/mol. The molecule has 3 rings (SSSR count). The van der Waals surface area contributed by atoms with Crippen LogP contribution in [0, 0.1) is 0 Å². The van der Waals surface area contributed by atoms with Gasteiger partial charge >= 0.3 is 5.97 Å². The van der Waals surface area contributed by atoms with Crippen molar-refractivity contribution < 1.29 is 24.2 Å². The monoisotopic (exact) mass is 316 g/mol. The van der Waals surface area contributed by atoms with E-state index in [4.69, 9.17) is 4.74 Å². The molecule has 0 aromatic carbocycles. The van der Waals surface area contributed by atoms with E-state index in [9.17, 15) is 19.5 Å². The third-order valence-corrected chi connectivity index (χ3v) is 5.64. The van der Waals surface area contributed by atoms with E-state index in [-0.39, 0.29) is 22.2 Å². The molecule has 0 spiro atoms. The summed E-state index contributed by atoms with van der Waals surface area (Å²) in [6.45, 7) is 2.02. The van der Waals surface area contributed by atoms with E-state index >= 15 is 0 Å². The molecule has 2 saturated heterocycles. The van der Waals surface area contributed by atoms with Crippen molar-refractivity contribution in [2.75, 3.05) is 26.3 Å². The molecule has 3 heterocycles. The van der Waals surface area contributed by atoms with Gasteiger partial charge in [-0.3, -0.25) is 14.5 Å². The summed E-state index contributed by atoms with van der Waals surface area (Å²) >= 11 is 2.18. The SMILES string of the molecule is O=C(O)C1=C(SC(=O)N2CCOCC2)S[C@@H]2CC(=O)N12. The van der Waals surface area contributed by atoms with Crippen LogP contribution in [0.15, 0.2) is 9.93 Å². The van der Waals surface area contributed by atoms with Crippen molar-refractivity contribution in [2.45, 2.75) is 11.8 Å². The summed E-state index contributed by atoms with van der Waals surface area (Å²) in [6.07, 6.45) is 0.331. The molecule has 2 amide bonds. The maximum atomic E-state index is 12.1. The van der Waals surface area contributed by atoms with Crippen molar-refractivity contribution in [1.29, 1.82) is 0 Å². The molecule has 9 heteroatoms. The topological polar surface area (TPSA) is 87.1 Å². The third kappa shape index (κ3) is 2.29. The molecule has 2 fully saturated rings. The zero-order chi connectivity index (χ0) is 14.3. The number of carbonyl (C=O) groups is 3. The van der Waals surface area contributed by atoms with E-state index in [1.54, 1.807) is 4.90 Å². The largest absolute Gasteiger partial charge is 0.477 e. The number of aliphatic carboxylic acids is 1. The number of carboxylic acid groups (broad SMARTS) is 1. The van der Waals surface area contributed by atoms with Gasteiger partial charge in [-0.05, 0) is 11.8 Å². The first-order chi connectivity index (χ1) is 9.58. The van der Waals surface area contributed by atoms with Gasteiger partial charge in [0.25, 0.3) is 5.24 Å². The maximum absolute atomic E-state index is 12.1. The number of thioether (sulfide) groups is 2. The Morgan fingerprint density at radius 2 is 2.05 bits per heavy atom. The molecule has 1 atom stereocenters. The van der Waals surface area contributed by atoms with E-state index in [2.05, 4.69) is 0 Å². The lowest BCUT2D eigenvalue weighted by Gasteiger charge is -2.33. The molecule has 0 radical (unpaired) electrons. The number of carboxylic acids is 1. The van der Waals surface area contributed by atoms with Crippen LogP contribution in [0.1, 0.15) is 6.42 Å². The predicted octanol–water partition coefficient (Wildman–Crippen LogP) is 0.731. The molecule has 20 heavy (non-hydrogen) atoms. The fraction of sp³-hybridized carbons (Fsp3) is 0.545. The Hall–Kier alpha value is -1.19. The second-order valence-corrected chi connectivity index (χ2v) is 6.86. The van der Waals surface area contributed by atoms with Crippen LogP contribution >= 0.6 is 23.5 Å². The Kier molecular flexibility index (Phi) is 3.65.